The van der Waals surface area contributed by atoms with Crippen molar-refractivity contribution in [3.63, 3.8) is 0 Å². The fourth-order valence-electron chi connectivity index (χ4n) is 2.55. The molecule has 1 N–H and O–H groups in total. The molecule has 0 aromatic carbocycles. The quantitative estimate of drug-likeness (QED) is 0.927. The van der Waals surface area contributed by atoms with Crippen molar-refractivity contribution in [3.05, 3.63) is 23.7 Å². The molecule has 1 aliphatic heterocycles. The van der Waals surface area contributed by atoms with E-state index in [1.807, 2.05) is 38.7 Å². The van der Waals surface area contributed by atoms with Gasteiger partial charge in [-0.2, -0.15) is 0 Å². The molecule has 0 aliphatic carbocycles. The number of amides is 1. The Morgan fingerprint density at radius 1 is 1.52 bits per heavy atom. The Bertz CT molecular complexity index is 476. The zero-order chi connectivity index (χ0) is 15.5. The normalized spacial score (nSPS) is 19.0. The van der Waals surface area contributed by atoms with Gasteiger partial charge in [0.15, 0.2) is 0 Å². The third-order valence-corrected chi connectivity index (χ3v) is 3.64. The van der Waals surface area contributed by atoms with E-state index in [9.17, 15) is 4.79 Å². The summed E-state index contributed by atoms with van der Waals surface area (Å²) in [6.45, 7) is 9.96. The summed E-state index contributed by atoms with van der Waals surface area (Å²) in [7, 11) is 0. The number of carbonyl (C=O) groups excluding carboxylic acids is 1. The minimum Gasteiger partial charge on any atom is -0.468 e. The van der Waals surface area contributed by atoms with Gasteiger partial charge in [0.2, 0.25) is 0 Å². The first-order valence-electron chi connectivity index (χ1n) is 7.60. The molecule has 1 unspecified atom stereocenters. The van der Waals surface area contributed by atoms with Gasteiger partial charge in [0.25, 0.3) is 0 Å². The van der Waals surface area contributed by atoms with Gasteiger partial charge in [-0.1, -0.05) is 0 Å². The van der Waals surface area contributed by atoms with Gasteiger partial charge in [0.05, 0.1) is 12.8 Å². The summed E-state index contributed by atoms with van der Waals surface area (Å²) in [6.07, 6.45) is 3.55. The van der Waals surface area contributed by atoms with Crippen LogP contribution in [0.3, 0.4) is 0 Å². The largest absolute Gasteiger partial charge is 0.468 e. The molecular weight excluding hydrogens is 268 g/mol. The average Bonchev–Trinajstić information content (AvgIpc) is 2.97. The minimum atomic E-state index is -0.442. The molecule has 0 radical (unpaired) electrons. The van der Waals surface area contributed by atoms with Gasteiger partial charge in [-0.05, 0) is 52.2 Å². The zero-order valence-corrected chi connectivity index (χ0v) is 13.4. The predicted octanol–water partition coefficient (Wildman–Crippen LogP) is 3.08. The first-order chi connectivity index (χ1) is 9.87. The van der Waals surface area contributed by atoms with Gasteiger partial charge in [0, 0.05) is 19.1 Å². The fourth-order valence-corrected chi connectivity index (χ4v) is 2.55. The van der Waals surface area contributed by atoms with Crippen molar-refractivity contribution in [1.82, 2.24) is 10.2 Å². The number of nitrogens with zero attached hydrogens (tertiary/aromatic N) is 1. The Morgan fingerprint density at radius 2 is 2.29 bits per heavy atom. The molecule has 1 aromatic heterocycles. The molecule has 1 fully saturated rings. The summed E-state index contributed by atoms with van der Waals surface area (Å²) < 4.78 is 10.9. The van der Waals surface area contributed by atoms with Crippen molar-refractivity contribution >= 4 is 6.09 Å². The van der Waals surface area contributed by atoms with E-state index in [0.717, 1.165) is 37.3 Å². The highest BCUT2D eigenvalue weighted by Gasteiger charge is 2.31. The Balaban J connectivity index is 1.82. The first-order valence-corrected chi connectivity index (χ1v) is 7.60. The SMILES string of the molecule is Cc1ccoc1CNCC1CCCN1C(=O)OC(C)(C)C. The first kappa shape index (κ1) is 15.9. The lowest BCUT2D eigenvalue weighted by atomic mass is 10.2. The van der Waals surface area contributed by atoms with Crippen LogP contribution in [0.2, 0.25) is 0 Å². The maximum Gasteiger partial charge on any atom is 0.410 e. The Labute approximate surface area is 126 Å². The third kappa shape index (κ3) is 4.49. The number of furan rings is 1. The monoisotopic (exact) mass is 294 g/mol. The van der Waals surface area contributed by atoms with Crippen LogP contribution in [-0.4, -0.2) is 35.7 Å². The third-order valence-electron chi connectivity index (χ3n) is 3.64. The molecule has 1 amide bonds. The molecule has 5 nitrogen and oxygen atoms in total. The van der Waals surface area contributed by atoms with Crippen LogP contribution in [0.15, 0.2) is 16.7 Å². The lowest BCUT2D eigenvalue weighted by Crippen LogP contribution is -2.44. The summed E-state index contributed by atoms with van der Waals surface area (Å²) in [5.41, 5.74) is 0.709. The summed E-state index contributed by atoms with van der Waals surface area (Å²) in [4.78, 5) is 14.0. The van der Waals surface area contributed by atoms with Crippen molar-refractivity contribution in [2.24, 2.45) is 0 Å². The Hall–Kier alpha value is -1.49. The summed E-state index contributed by atoms with van der Waals surface area (Å²) in [5.74, 6) is 0.955. The number of aryl methyl sites for hydroxylation is 1. The van der Waals surface area contributed by atoms with E-state index in [-0.39, 0.29) is 12.1 Å². The maximum atomic E-state index is 12.2. The number of hydrogen-bond acceptors (Lipinski definition) is 4. The topological polar surface area (TPSA) is 54.7 Å². The van der Waals surface area contributed by atoms with Crippen LogP contribution >= 0.6 is 0 Å². The van der Waals surface area contributed by atoms with Crippen LogP contribution in [-0.2, 0) is 11.3 Å². The molecule has 2 heterocycles. The van der Waals surface area contributed by atoms with Crippen molar-refractivity contribution in [2.45, 2.75) is 58.7 Å². The maximum absolute atomic E-state index is 12.2. The predicted molar refractivity (Wildman–Crippen MR) is 81.1 cm³/mol. The van der Waals surface area contributed by atoms with Gasteiger partial charge in [-0.3, -0.25) is 0 Å². The number of hydrogen-bond donors (Lipinski definition) is 1. The number of likely N-dealkylation sites (tertiary alicyclic amines) is 1. The molecule has 1 atom stereocenters. The van der Waals surface area contributed by atoms with E-state index < -0.39 is 5.60 Å². The van der Waals surface area contributed by atoms with Crippen LogP contribution in [0.4, 0.5) is 4.79 Å². The summed E-state index contributed by atoms with van der Waals surface area (Å²) in [6, 6.07) is 2.16. The average molecular weight is 294 g/mol. The lowest BCUT2D eigenvalue weighted by Gasteiger charge is -2.28. The molecule has 118 valence electrons. The second kappa shape index (κ2) is 6.52. The Kier molecular flexibility index (Phi) is 4.93. The number of nitrogens with one attached hydrogen (secondary N) is 1. The highest BCUT2D eigenvalue weighted by Crippen LogP contribution is 2.20. The number of rotatable bonds is 4. The highest BCUT2D eigenvalue weighted by atomic mass is 16.6. The van der Waals surface area contributed by atoms with Crippen LogP contribution in [0.1, 0.15) is 44.9 Å². The molecule has 0 saturated carbocycles. The molecule has 0 spiro atoms. The Morgan fingerprint density at radius 3 is 2.90 bits per heavy atom. The highest BCUT2D eigenvalue weighted by molar-refractivity contribution is 5.69. The molecule has 1 saturated heterocycles. The smallest absolute Gasteiger partial charge is 0.410 e. The van der Waals surface area contributed by atoms with Gasteiger partial charge >= 0.3 is 6.09 Å². The van der Waals surface area contributed by atoms with Gasteiger partial charge in [0.1, 0.15) is 11.4 Å². The molecule has 2 rings (SSSR count). The van der Waals surface area contributed by atoms with E-state index in [2.05, 4.69) is 5.32 Å². The molecule has 21 heavy (non-hydrogen) atoms. The second-order valence-corrected chi connectivity index (χ2v) is 6.63. The lowest BCUT2D eigenvalue weighted by molar-refractivity contribution is 0.0226. The van der Waals surface area contributed by atoms with Crippen LogP contribution in [0.5, 0.6) is 0 Å². The van der Waals surface area contributed by atoms with Crippen molar-refractivity contribution < 1.29 is 13.9 Å². The standard InChI is InChI=1S/C16H26N2O3/c1-12-7-9-20-14(12)11-17-10-13-6-5-8-18(13)15(19)21-16(2,3)4/h7,9,13,17H,5-6,8,10-11H2,1-4H3. The fraction of sp³-hybridized carbons (Fsp3) is 0.688. The molecule has 0 bridgehead atoms. The second-order valence-electron chi connectivity index (χ2n) is 6.63. The van der Waals surface area contributed by atoms with Crippen molar-refractivity contribution in [2.75, 3.05) is 13.1 Å². The van der Waals surface area contributed by atoms with Gasteiger partial charge in [-0.25, -0.2) is 4.79 Å². The number of ether oxygens (including phenoxy) is 1. The van der Waals surface area contributed by atoms with E-state index in [1.54, 1.807) is 6.26 Å². The van der Waals surface area contributed by atoms with E-state index >= 15 is 0 Å². The minimum absolute atomic E-state index is 0.204. The molecule has 5 heteroatoms. The van der Waals surface area contributed by atoms with Crippen LogP contribution in [0.25, 0.3) is 0 Å². The zero-order valence-electron chi connectivity index (χ0n) is 13.4. The van der Waals surface area contributed by atoms with Crippen LogP contribution in [0, 0.1) is 6.92 Å². The molecule has 1 aliphatic rings. The number of carbonyl (C=O) groups is 1. The van der Waals surface area contributed by atoms with Crippen molar-refractivity contribution in [1.29, 1.82) is 0 Å². The van der Waals surface area contributed by atoms with Gasteiger partial charge in [-0.15, -0.1) is 0 Å². The summed E-state index contributed by atoms with van der Waals surface area (Å²) in [5, 5.41) is 3.38. The summed E-state index contributed by atoms with van der Waals surface area (Å²) >= 11 is 0. The molecular formula is C16H26N2O3. The van der Waals surface area contributed by atoms with E-state index in [1.165, 1.54) is 0 Å². The molecule has 1 aromatic rings. The van der Waals surface area contributed by atoms with Crippen molar-refractivity contribution in [3.8, 4) is 0 Å². The van der Waals surface area contributed by atoms with Gasteiger partial charge < -0.3 is 19.4 Å². The van der Waals surface area contributed by atoms with E-state index in [4.69, 9.17) is 9.15 Å². The van der Waals surface area contributed by atoms with Crippen LogP contribution < -0.4 is 5.32 Å². The van der Waals surface area contributed by atoms with E-state index in [0.29, 0.717) is 6.54 Å².